The zero-order valence-corrected chi connectivity index (χ0v) is 10.1. The highest BCUT2D eigenvalue weighted by atomic mass is 32.2. The van der Waals surface area contributed by atoms with Crippen LogP contribution in [0.15, 0.2) is 30.3 Å². The molecule has 1 aromatic carbocycles. The van der Waals surface area contributed by atoms with Gasteiger partial charge < -0.3 is 5.32 Å². The third-order valence-corrected chi connectivity index (χ3v) is 3.55. The van der Waals surface area contributed by atoms with Crippen LogP contribution < -0.4 is 5.32 Å². The van der Waals surface area contributed by atoms with E-state index < -0.39 is 10.8 Å². The molecular formula is C12H19NOS. The van der Waals surface area contributed by atoms with Crippen LogP contribution in [0.3, 0.4) is 0 Å². The van der Waals surface area contributed by atoms with Crippen LogP contribution in [0.1, 0.15) is 18.9 Å². The van der Waals surface area contributed by atoms with Gasteiger partial charge in [-0.15, -0.1) is 0 Å². The molecule has 1 rings (SSSR count). The maximum atomic E-state index is 11.7. The van der Waals surface area contributed by atoms with E-state index in [4.69, 9.17) is 0 Å². The van der Waals surface area contributed by atoms with Crippen LogP contribution in [-0.2, 0) is 16.6 Å². The van der Waals surface area contributed by atoms with E-state index in [0.717, 1.165) is 25.3 Å². The van der Waals surface area contributed by atoms with Gasteiger partial charge in [0.15, 0.2) is 0 Å². The van der Waals surface area contributed by atoms with Gasteiger partial charge in [0.2, 0.25) is 0 Å². The molecule has 0 heterocycles. The summed E-state index contributed by atoms with van der Waals surface area (Å²) in [4.78, 5) is 0. The van der Waals surface area contributed by atoms with Crippen molar-refractivity contribution in [2.75, 3.05) is 18.8 Å². The van der Waals surface area contributed by atoms with Crippen LogP contribution >= 0.6 is 0 Å². The van der Waals surface area contributed by atoms with Crippen LogP contribution in [0, 0.1) is 0 Å². The van der Waals surface area contributed by atoms with Gasteiger partial charge in [0.05, 0.1) is 0 Å². The van der Waals surface area contributed by atoms with Crippen LogP contribution in [-0.4, -0.2) is 23.1 Å². The highest BCUT2D eigenvalue weighted by Gasteiger charge is 2.00. The first-order valence-electron chi connectivity index (χ1n) is 5.42. The van der Waals surface area contributed by atoms with Crippen molar-refractivity contribution in [1.82, 2.24) is 5.32 Å². The second-order valence-corrected chi connectivity index (χ2v) is 5.06. The summed E-state index contributed by atoms with van der Waals surface area (Å²) in [6, 6.07) is 10.0. The first-order valence-corrected chi connectivity index (χ1v) is 6.91. The highest BCUT2D eigenvalue weighted by Crippen LogP contribution is 2.03. The second kappa shape index (κ2) is 7.60. The molecule has 0 saturated heterocycles. The minimum atomic E-state index is -0.714. The molecular weight excluding hydrogens is 206 g/mol. The summed E-state index contributed by atoms with van der Waals surface area (Å²) >= 11 is 0. The molecule has 2 nitrogen and oxygen atoms in total. The summed E-state index contributed by atoms with van der Waals surface area (Å²) in [5.74, 6) is 1.48. The predicted octanol–water partition coefficient (Wildman–Crippen LogP) is 1.93. The second-order valence-electron chi connectivity index (χ2n) is 3.48. The minimum absolute atomic E-state index is 0.687. The average Bonchev–Trinajstić information content (AvgIpc) is 2.26. The Labute approximate surface area is 94.5 Å². The largest absolute Gasteiger partial charge is 0.317 e. The Morgan fingerprint density at radius 1 is 1.27 bits per heavy atom. The van der Waals surface area contributed by atoms with Crippen molar-refractivity contribution in [2.45, 2.75) is 19.1 Å². The molecule has 1 N–H and O–H groups in total. The standard InChI is InChI=1S/C12H19NOS/c1-2-13-9-6-10-15(14)11-12-7-4-3-5-8-12/h3-5,7-8,13H,2,6,9-11H2,1H3. The molecule has 0 bridgehead atoms. The fourth-order valence-corrected chi connectivity index (χ4v) is 2.54. The van der Waals surface area contributed by atoms with E-state index in [1.807, 2.05) is 30.3 Å². The molecule has 0 fully saturated rings. The van der Waals surface area contributed by atoms with Crippen LogP contribution in [0.5, 0.6) is 0 Å². The molecule has 0 aliphatic carbocycles. The summed E-state index contributed by atoms with van der Waals surface area (Å²) in [7, 11) is -0.714. The van der Waals surface area contributed by atoms with Gasteiger partial charge in [-0.1, -0.05) is 37.3 Å². The van der Waals surface area contributed by atoms with Gasteiger partial charge in [-0.05, 0) is 25.1 Å². The van der Waals surface area contributed by atoms with Crippen molar-refractivity contribution in [3.05, 3.63) is 35.9 Å². The van der Waals surface area contributed by atoms with Gasteiger partial charge in [-0.2, -0.15) is 0 Å². The topological polar surface area (TPSA) is 29.1 Å². The monoisotopic (exact) mass is 225 g/mol. The minimum Gasteiger partial charge on any atom is -0.317 e. The van der Waals surface area contributed by atoms with Gasteiger partial charge >= 0.3 is 0 Å². The molecule has 0 aliphatic heterocycles. The van der Waals surface area contributed by atoms with Crippen molar-refractivity contribution < 1.29 is 4.21 Å². The molecule has 0 aromatic heterocycles. The summed E-state index contributed by atoms with van der Waals surface area (Å²) in [5.41, 5.74) is 1.17. The first-order chi connectivity index (χ1) is 7.33. The van der Waals surface area contributed by atoms with Crippen LogP contribution in [0.25, 0.3) is 0 Å². The van der Waals surface area contributed by atoms with E-state index in [-0.39, 0.29) is 0 Å². The van der Waals surface area contributed by atoms with Crippen molar-refractivity contribution in [3.63, 3.8) is 0 Å². The number of benzene rings is 1. The third-order valence-electron chi connectivity index (χ3n) is 2.15. The molecule has 0 aliphatic rings. The van der Waals surface area contributed by atoms with Crippen molar-refractivity contribution in [1.29, 1.82) is 0 Å². The van der Waals surface area contributed by atoms with Gasteiger partial charge in [0, 0.05) is 22.3 Å². The Morgan fingerprint density at radius 2 is 2.00 bits per heavy atom. The van der Waals surface area contributed by atoms with E-state index in [2.05, 4.69) is 12.2 Å². The maximum Gasteiger partial charge on any atom is 0.0485 e. The average molecular weight is 225 g/mol. The quantitative estimate of drug-likeness (QED) is 0.719. The Morgan fingerprint density at radius 3 is 2.67 bits per heavy atom. The molecule has 1 atom stereocenters. The van der Waals surface area contributed by atoms with Crippen molar-refractivity contribution in [3.8, 4) is 0 Å². The summed E-state index contributed by atoms with van der Waals surface area (Å²) in [5, 5.41) is 3.23. The number of rotatable bonds is 7. The zero-order valence-electron chi connectivity index (χ0n) is 9.24. The summed E-state index contributed by atoms with van der Waals surface area (Å²) < 4.78 is 11.7. The predicted molar refractivity (Wildman–Crippen MR) is 66.3 cm³/mol. The van der Waals surface area contributed by atoms with Crippen molar-refractivity contribution >= 4 is 10.8 Å². The Bertz CT molecular complexity index is 287. The Balaban J connectivity index is 2.19. The molecule has 15 heavy (non-hydrogen) atoms. The molecule has 0 saturated carbocycles. The Kier molecular flexibility index (Phi) is 6.28. The lowest BCUT2D eigenvalue weighted by Crippen LogP contribution is -2.16. The zero-order chi connectivity index (χ0) is 10.9. The van der Waals surface area contributed by atoms with E-state index >= 15 is 0 Å². The van der Waals surface area contributed by atoms with Crippen molar-refractivity contribution in [2.24, 2.45) is 0 Å². The SMILES string of the molecule is CCNCCCS(=O)Cc1ccccc1. The molecule has 0 spiro atoms. The van der Waals surface area contributed by atoms with E-state index in [1.165, 1.54) is 5.56 Å². The molecule has 3 heteroatoms. The molecule has 84 valence electrons. The number of nitrogens with one attached hydrogen (secondary N) is 1. The van der Waals surface area contributed by atoms with Gasteiger partial charge in [0.25, 0.3) is 0 Å². The molecule has 0 amide bonds. The highest BCUT2D eigenvalue weighted by molar-refractivity contribution is 7.84. The van der Waals surface area contributed by atoms with E-state index in [1.54, 1.807) is 0 Å². The third kappa shape index (κ3) is 5.70. The fourth-order valence-electron chi connectivity index (χ4n) is 1.37. The summed E-state index contributed by atoms with van der Waals surface area (Å²) in [6.07, 6.45) is 0.993. The summed E-state index contributed by atoms with van der Waals surface area (Å²) in [6.45, 7) is 4.04. The lowest BCUT2D eigenvalue weighted by atomic mass is 10.2. The smallest absolute Gasteiger partial charge is 0.0485 e. The normalized spacial score (nSPS) is 12.6. The van der Waals surface area contributed by atoms with Crippen LogP contribution in [0.4, 0.5) is 0 Å². The lowest BCUT2D eigenvalue weighted by Gasteiger charge is -2.03. The van der Waals surface area contributed by atoms with Gasteiger partial charge in [-0.3, -0.25) is 4.21 Å². The van der Waals surface area contributed by atoms with E-state index in [0.29, 0.717) is 5.75 Å². The van der Waals surface area contributed by atoms with Gasteiger partial charge in [-0.25, -0.2) is 0 Å². The molecule has 1 unspecified atom stereocenters. The molecule has 0 radical (unpaired) electrons. The van der Waals surface area contributed by atoms with Gasteiger partial charge in [0.1, 0.15) is 0 Å². The lowest BCUT2D eigenvalue weighted by molar-refractivity contribution is 0.669. The maximum absolute atomic E-state index is 11.7. The Hall–Kier alpha value is -0.670. The number of hydrogen-bond acceptors (Lipinski definition) is 2. The first kappa shape index (κ1) is 12.4. The van der Waals surface area contributed by atoms with Crippen LogP contribution in [0.2, 0.25) is 0 Å². The van der Waals surface area contributed by atoms with E-state index in [9.17, 15) is 4.21 Å². The number of hydrogen-bond donors (Lipinski definition) is 1. The fraction of sp³-hybridized carbons (Fsp3) is 0.500. The molecule has 1 aromatic rings.